The lowest BCUT2D eigenvalue weighted by Crippen LogP contribution is -2.01. The normalized spacial score (nSPS) is 10.8. The predicted octanol–water partition coefficient (Wildman–Crippen LogP) is 4.25. The minimum absolute atomic E-state index is 0.718. The summed E-state index contributed by atoms with van der Waals surface area (Å²) in [6.45, 7) is 0.718. The fourth-order valence-corrected chi connectivity index (χ4v) is 2.83. The van der Waals surface area contributed by atoms with Gasteiger partial charge in [-0.3, -0.25) is 4.98 Å². The fourth-order valence-electron chi connectivity index (χ4n) is 2.83. The van der Waals surface area contributed by atoms with Crippen LogP contribution in [0.3, 0.4) is 0 Å². The van der Waals surface area contributed by atoms with E-state index in [-0.39, 0.29) is 0 Å². The summed E-state index contributed by atoms with van der Waals surface area (Å²) in [6, 6.07) is 16.2. The molecule has 25 heavy (non-hydrogen) atoms. The first-order chi connectivity index (χ1) is 12.3. The van der Waals surface area contributed by atoms with Crippen molar-refractivity contribution in [3.63, 3.8) is 0 Å². The van der Waals surface area contributed by atoms with E-state index in [1.165, 1.54) is 5.56 Å². The maximum Gasteiger partial charge on any atom is 0.118 e. The van der Waals surface area contributed by atoms with Crippen LogP contribution in [0.4, 0.5) is 5.69 Å². The molecule has 2 aromatic heterocycles. The van der Waals surface area contributed by atoms with Crippen molar-refractivity contribution >= 4 is 16.7 Å². The lowest BCUT2D eigenvalue weighted by Gasteiger charge is -2.12. The molecule has 0 atom stereocenters. The number of nitrogens with zero attached hydrogens (tertiary/aromatic N) is 2. The average molecular weight is 330 g/mol. The molecule has 0 bridgehead atoms. The molecule has 0 saturated carbocycles. The number of anilines is 1. The summed E-state index contributed by atoms with van der Waals surface area (Å²) in [5.74, 6) is 0.842. The van der Waals surface area contributed by atoms with Crippen molar-refractivity contribution in [2.24, 2.45) is 0 Å². The molecule has 0 spiro atoms. The van der Waals surface area contributed by atoms with Crippen molar-refractivity contribution in [3.05, 3.63) is 72.8 Å². The SMILES string of the molecule is COc1ccc(-c2cnccc2NCc2ccc3[nH]cnc3c2)cc1. The third-order valence-electron chi connectivity index (χ3n) is 4.19. The number of nitrogens with one attached hydrogen (secondary N) is 2. The Morgan fingerprint density at radius 3 is 2.80 bits per heavy atom. The van der Waals surface area contributed by atoms with E-state index in [0.717, 1.165) is 40.1 Å². The first-order valence-electron chi connectivity index (χ1n) is 8.08. The molecule has 0 unspecified atom stereocenters. The molecule has 5 heteroatoms. The molecule has 5 nitrogen and oxygen atoms in total. The van der Waals surface area contributed by atoms with E-state index in [0.29, 0.717) is 0 Å². The standard InChI is InChI=1S/C20H18N4O/c1-25-16-5-3-15(4-6-16)17-12-21-9-8-18(17)22-11-14-2-7-19-20(10-14)24-13-23-19/h2-10,12-13H,11H2,1H3,(H,21,22)(H,23,24). The summed E-state index contributed by atoms with van der Waals surface area (Å²) in [7, 11) is 1.67. The molecular formula is C20H18N4O. The van der Waals surface area contributed by atoms with Crippen LogP contribution in [-0.2, 0) is 6.54 Å². The highest BCUT2D eigenvalue weighted by Gasteiger charge is 2.06. The zero-order chi connectivity index (χ0) is 17.1. The number of hydrogen-bond acceptors (Lipinski definition) is 4. The third-order valence-corrected chi connectivity index (χ3v) is 4.19. The Bertz CT molecular complexity index is 992. The van der Waals surface area contributed by atoms with Gasteiger partial charge in [0, 0.05) is 30.2 Å². The van der Waals surface area contributed by atoms with Crippen LogP contribution in [0.1, 0.15) is 5.56 Å². The van der Waals surface area contributed by atoms with Crippen LogP contribution in [0.25, 0.3) is 22.2 Å². The first kappa shape index (κ1) is 15.2. The number of ether oxygens (including phenoxy) is 1. The Balaban J connectivity index is 1.57. The van der Waals surface area contributed by atoms with Gasteiger partial charge in [-0.05, 0) is 41.5 Å². The molecule has 0 fully saturated rings. The second-order valence-electron chi connectivity index (χ2n) is 5.76. The number of methoxy groups -OCH3 is 1. The summed E-state index contributed by atoms with van der Waals surface area (Å²) in [6.07, 6.45) is 5.39. The molecule has 0 aliphatic heterocycles. The van der Waals surface area contributed by atoms with Crippen molar-refractivity contribution in [1.82, 2.24) is 15.0 Å². The van der Waals surface area contributed by atoms with Crippen LogP contribution in [0.15, 0.2) is 67.3 Å². The molecule has 2 heterocycles. The maximum absolute atomic E-state index is 5.23. The van der Waals surface area contributed by atoms with Gasteiger partial charge in [0.2, 0.25) is 0 Å². The quantitative estimate of drug-likeness (QED) is 0.574. The van der Waals surface area contributed by atoms with Gasteiger partial charge >= 0.3 is 0 Å². The Hall–Kier alpha value is -3.34. The van der Waals surface area contributed by atoms with Gasteiger partial charge in [-0.15, -0.1) is 0 Å². The molecule has 0 aliphatic carbocycles. The lowest BCUT2D eigenvalue weighted by atomic mass is 10.1. The zero-order valence-corrected chi connectivity index (χ0v) is 13.9. The molecule has 2 aromatic carbocycles. The van der Waals surface area contributed by atoms with Crippen molar-refractivity contribution in [3.8, 4) is 16.9 Å². The predicted molar refractivity (Wildman–Crippen MR) is 99.6 cm³/mol. The van der Waals surface area contributed by atoms with Gasteiger partial charge in [-0.1, -0.05) is 18.2 Å². The summed E-state index contributed by atoms with van der Waals surface area (Å²) < 4.78 is 5.23. The van der Waals surface area contributed by atoms with Gasteiger partial charge in [0.05, 0.1) is 24.5 Å². The van der Waals surface area contributed by atoms with E-state index in [4.69, 9.17) is 4.74 Å². The van der Waals surface area contributed by atoms with Crippen molar-refractivity contribution in [2.45, 2.75) is 6.54 Å². The number of H-pyrrole nitrogens is 1. The largest absolute Gasteiger partial charge is 0.497 e. The van der Waals surface area contributed by atoms with Crippen molar-refractivity contribution in [1.29, 1.82) is 0 Å². The lowest BCUT2D eigenvalue weighted by molar-refractivity contribution is 0.415. The monoisotopic (exact) mass is 330 g/mol. The van der Waals surface area contributed by atoms with Gasteiger partial charge in [-0.25, -0.2) is 4.98 Å². The van der Waals surface area contributed by atoms with E-state index in [9.17, 15) is 0 Å². The topological polar surface area (TPSA) is 62.8 Å². The maximum atomic E-state index is 5.23. The van der Waals surface area contributed by atoms with Crippen molar-refractivity contribution < 1.29 is 4.74 Å². The fraction of sp³-hybridized carbons (Fsp3) is 0.100. The molecule has 0 aliphatic rings. The number of benzene rings is 2. The van der Waals surface area contributed by atoms with Crippen LogP contribution < -0.4 is 10.1 Å². The van der Waals surface area contributed by atoms with Gasteiger partial charge in [0.1, 0.15) is 5.75 Å². The van der Waals surface area contributed by atoms with Gasteiger partial charge in [0.25, 0.3) is 0 Å². The highest BCUT2D eigenvalue weighted by atomic mass is 16.5. The van der Waals surface area contributed by atoms with E-state index in [1.807, 2.05) is 36.5 Å². The highest BCUT2D eigenvalue weighted by Crippen LogP contribution is 2.29. The summed E-state index contributed by atoms with van der Waals surface area (Å²) >= 11 is 0. The van der Waals surface area contributed by atoms with Gasteiger partial charge in [0.15, 0.2) is 0 Å². The smallest absolute Gasteiger partial charge is 0.118 e. The number of hydrogen-bond donors (Lipinski definition) is 2. The second kappa shape index (κ2) is 6.65. The van der Waals surface area contributed by atoms with E-state index < -0.39 is 0 Å². The molecule has 2 N–H and O–H groups in total. The molecule has 4 rings (SSSR count). The highest BCUT2D eigenvalue weighted by molar-refractivity contribution is 5.78. The Morgan fingerprint density at radius 1 is 1.08 bits per heavy atom. The number of fused-ring (bicyclic) bond motifs is 1. The first-order valence-corrected chi connectivity index (χ1v) is 8.08. The number of aromatic nitrogens is 3. The molecular weight excluding hydrogens is 312 g/mol. The number of imidazole rings is 1. The van der Waals surface area contributed by atoms with Crippen LogP contribution in [0, 0.1) is 0 Å². The minimum atomic E-state index is 0.718. The van der Waals surface area contributed by atoms with Gasteiger partial charge < -0.3 is 15.0 Å². The molecule has 0 radical (unpaired) electrons. The summed E-state index contributed by atoms with van der Waals surface area (Å²) in [5.41, 5.74) is 6.40. The summed E-state index contributed by atoms with van der Waals surface area (Å²) in [4.78, 5) is 11.7. The van der Waals surface area contributed by atoms with Crippen LogP contribution in [-0.4, -0.2) is 22.1 Å². The van der Waals surface area contributed by atoms with E-state index in [2.05, 4.69) is 38.5 Å². The summed E-state index contributed by atoms with van der Waals surface area (Å²) in [5, 5.41) is 3.50. The van der Waals surface area contributed by atoms with Gasteiger partial charge in [-0.2, -0.15) is 0 Å². The van der Waals surface area contributed by atoms with Crippen LogP contribution in [0.2, 0.25) is 0 Å². The minimum Gasteiger partial charge on any atom is -0.497 e. The molecule has 0 saturated heterocycles. The second-order valence-corrected chi connectivity index (χ2v) is 5.76. The van der Waals surface area contributed by atoms with Crippen LogP contribution in [0.5, 0.6) is 5.75 Å². The Labute approximate surface area is 145 Å². The molecule has 0 amide bonds. The number of pyridine rings is 1. The molecule has 4 aromatic rings. The zero-order valence-electron chi connectivity index (χ0n) is 13.9. The third kappa shape index (κ3) is 3.17. The van der Waals surface area contributed by atoms with Crippen LogP contribution >= 0.6 is 0 Å². The van der Waals surface area contributed by atoms with E-state index in [1.54, 1.807) is 19.6 Å². The number of aromatic amines is 1. The number of rotatable bonds is 5. The van der Waals surface area contributed by atoms with E-state index >= 15 is 0 Å². The molecule has 124 valence electrons. The Morgan fingerprint density at radius 2 is 1.96 bits per heavy atom. The van der Waals surface area contributed by atoms with Crippen molar-refractivity contribution in [2.75, 3.05) is 12.4 Å². The Kier molecular flexibility index (Phi) is 4.04. The average Bonchev–Trinajstić information content (AvgIpc) is 3.14.